The summed E-state index contributed by atoms with van der Waals surface area (Å²) in [5.41, 5.74) is -0.497. The van der Waals surface area contributed by atoms with Crippen LogP contribution < -0.4 is 0 Å². The summed E-state index contributed by atoms with van der Waals surface area (Å²) in [4.78, 5) is 13.0. The molecule has 92 valence electrons. The van der Waals surface area contributed by atoms with Crippen LogP contribution in [0.3, 0.4) is 0 Å². The van der Waals surface area contributed by atoms with Crippen LogP contribution in [0.2, 0.25) is 0 Å². The smallest absolute Gasteiger partial charge is 0.408 e. The molecule has 2 bridgehead atoms. The predicted octanol–water partition coefficient (Wildman–Crippen LogP) is 2.07. The summed E-state index contributed by atoms with van der Waals surface area (Å²) in [5, 5.41) is 19.3. The third-order valence-corrected chi connectivity index (χ3v) is 4.44. The van der Waals surface area contributed by atoms with Gasteiger partial charge < -0.3 is 10.2 Å². The Hall–Kier alpha value is -0.770. The van der Waals surface area contributed by atoms with E-state index in [4.69, 9.17) is 0 Å². The minimum absolute atomic E-state index is 0.0143. The van der Waals surface area contributed by atoms with Crippen molar-refractivity contribution in [1.82, 2.24) is 4.90 Å². The zero-order valence-corrected chi connectivity index (χ0v) is 10.2. The van der Waals surface area contributed by atoms with Gasteiger partial charge in [-0.1, -0.05) is 20.8 Å². The summed E-state index contributed by atoms with van der Waals surface area (Å²) in [5.74, 6) is 0. The molecular weight excluding hydrogens is 206 g/mol. The molecule has 2 rings (SSSR count). The minimum atomic E-state index is -0.829. The zero-order valence-electron chi connectivity index (χ0n) is 10.2. The highest BCUT2D eigenvalue weighted by Gasteiger charge is 2.59. The second-order valence-corrected chi connectivity index (χ2v) is 6.22. The first-order chi connectivity index (χ1) is 7.28. The van der Waals surface area contributed by atoms with Gasteiger partial charge in [-0.05, 0) is 31.1 Å². The number of amides is 1. The van der Waals surface area contributed by atoms with E-state index >= 15 is 0 Å². The van der Waals surface area contributed by atoms with Gasteiger partial charge in [-0.2, -0.15) is 0 Å². The van der Waals surface area contributed by atoms with Crippen molar-refractivity contribution in [2.24, 2.45) is 5.41 Å². The van der Waals surface area contributed by atoms with Crippen LogP contribution in [0.25, 0.3) is 0 Å². The van der Waals surface area contributed by atoms with Gasteiger partial charge in [0.15, 0.2) is 0 Å². The predicted molar refractivity (Wildman–Crippen MR) is 60.3 cm³/mol. The normalized spacial score (nSPS) is 38.9. The molecule has 1 amide bonds. The van der Waals surface area contributed by atoms with Gasteiger partial charge in [0.25, 0.3) is 0 Å². The van der Waals surface area contributed by atoms with Gasteiger partial charge in [-0.3, -0.25) is 4.90 Å². The van der Waals surface area contributed by atoms with Gasteiger partial charge in [0, 0.05) is 6.04 Å². The number of piperidine rings is 1. The van der Waals surface area contributed by atoms with Crippen molar-refractivity contribution in [3.63, 3.8) is 0 Å². The summed E-state index contributed by atoms with van der Waals surface area (Å²) < 4.78 is 0. The van der Waals surface area contributed by atoms with E-state index in [2.05, 4.69) is 20.8 Å². The summed E-state index contributed by atoms with van der Waals surface area (Å²) in [6, 6.07) is 0.0143. The van der Waals surface area contributed by atoms with Crippen LogP contribution in [0.1, 0.15) is 46.5 Å². The molecule has 3 atom stereocenters. The Bertz CT molecular complexity index is 310. The van der Waals surface area contributed by atoms with Crippen LogP contribution in [0, 0.1) is 5.41 Å². The molecule has 2 aliphatic rings. The average Bonchev–Trinajstić information content (AvgIpc) is 2.35. The molecule has 0 aromatic rings. The Morgan fingerprint density at radius 3 is 2.56 bits per heavy atom. The lowest BCUT2D eigenvalue weighted by atomic mass is 9.68. The Balaban J connectivity index is 2.42. The van der Waals surface area contributed by atoms with E-state index < -0.39 is 6.09 Å². The molecule has 0 aliphatic carbocycles. The van der Waals surface area contributed by atoms with Crippen LogP contribution in [0.15, 0.2) is 0 Å². The average molecular weight is 227 g/mol. The third-order valence-electron chi connectivity index (χ3n) is 4.44. The number of carboxylic acid groups (broad SMARTS) is 1. The standard InChI is InChI=1S/C12H21NO3/c1-11(2,3)12-5-4-8(6-9(14)7-12)13(12)10(15)16/h8-9,14H,4-7H2,1-3H3,(H,15,16)/t8-,9?,12+/m0/s1. The molecule has 2 aliphatic heterocycles. The Morgan fingerprint density at radius 2 is 2.06 bits per heavy atom. The van der Waals surface area contributed by atoms with Crippen LogP contribution >= 0.6 is 0 Å². The first-order valence-electron chi connectivity index (χ1n) is 5.98. The van der Waals surface area contributed by atoms with Crippen molar-refractivity contribution in [3.8, 4) is 0 Å². The van der Waals surface area contributed by atoms with E-state index in [0.29, 0.717) is 12.8 Å². The fourth-order valence-corrected chi connectivity index (χ4v) is 3.60. The molecule has 0 radical (unpaired) electrons. The van der Waals surface area contributed by atoms with E-state index in [1.165, 1.54) is 0 Å². The molecule has 2 N–H and O–H groups in total. The maximum absolute atomic E-state index is 11.4. The SMILES string of the molecule is CC(C)(C)[C@@]12CC[C@@H](CC(O)C1)N2C(=O)O. The van der Waals surface area contributed by atoms with Crippen LogP contribution in [0.4, 0.5) is 4.79 Å². The largest absolute Gasteiger partial charge is 0.465 e. The first kappa shape index (κ1) is 11.7. The molecule has 0 spiro atoms. The molecule has 2 fully saturated rings. The highest BCUT2D eigenvalue weighted by molar-refractivity contribution is 5.68. The van der Waals surface area contributed by atoms with Crippen molar-refractivity contribution in [2.75, 3.05) is 0 Å². The molecule has 0 aromatic heterocycles. The molecule has 4 heteroatoms. The lowest BCUT2D eigenvalue weighted by molar-refractivity contribution is -0.0588. The molecule has 1 unspecified atom stereocenters. The number of aliphatic hydroxyl groups is 1. The number of rotatable bonds is 0. The fraction of sp³-hybridized carbons (Fsp3) is 0.917. The Kier molecular flexibility index (Phi) is 2.46. The van der Waals surface area contributed by atoms with E-state index in [0.717, 1.165) is 12.8 Å². The number of aliphatic hydroxyl groups excluding tert-OH is 1. The number of hydrogen-bond acceptors (Lipinski definition) is 2. The van der Waals surface area contributed by atoms with Crippen LogP contribution in [-0.2, 0) is 0 Å². The lowest BCUT2D eigenvalue weighted by Crippen LogP contribution is -2.62. The van der Waals surface area contributed by atoms with Crippen LogP contribution in [0.5, 0.6) is 0 Å². The highest BCUT2D eigenvalue weighted by atomic mass is 16.4. The molecule has 2 heterocycles. The van der Waals surface area contributed by atoms with Gasteiger partial charge >= 0.3 is 6.09 Å². The number of carbonyl (C=O) groups is 1. The molecule has 2 saturated heterocycles. The van der Waals surface area contributed by atoms with Crippen molar-refractivity contribution >= 4 is 6.09 Å². The Morgan fingerprint density at radius 1 is 1.44 bits per heavy atom. The van der Waals surface area contributed by atoms with E-state index in [1.807, 2.05) is 0 Å². The molecular formula is C12H21NO3. The number of hydrogen-bond donors (Lipinski definition) is 2. The van der Waals surface area contributed by atoms with Crippen molar-refractivity contribution < 1.29 is 15.0 Å². The van der Waals surface area contributed by atoms with Gasteiger partial charge in [0.2, 0.25) is 0 Å². The van der Waals surface area contributed by atoms with Crippen molar-refractivity contribution in [2.45, 2.75) is 64.1 Å². The number of fused-ring (bicyclic) bond motifs is 2. The van der Waals surface area contributed by atoms with Gasteiger partial charge in [0.05, 0.1) is 11.6 Å². The second-order valence-electron chi connectivity index (χ2n) is 6.22. The topological polar surface area (TPSA) is 60.8 Å². The highest BCUT2D eigenvalue weighted by Crippen LogP contribution is 2.53. The quantitative estimate of drug-likeness (QED) is 0.666. The summed E-state index contributed by atoms with van der Waals surface area (Å²) in [6.45, 7) is 6.22. The van der Waals surface area contributed by atoms with Gasteiger partial charge in [-0.15, -0.1) is 0 Å². The van der Waals surface area contributed by atoms with E-state index in [1.54, 1.807) is 4.90 Å². The molecule has 0 saturated carbocycles. The minimum Gasteiger partial charge on any atom is -0.465 e. The summed E-state index contributed by atoms with van der Waals surface area (Å²) in [7, 11) is 0. The van der Waals surface area contributed by atoms with Crippen molar-refractivity contribution in [1.29, 1.82) is 0 Å². The fourth-order valence-electron chi connectivity index (χ4n) is 3.60. The van der Waals surface area contributed by atoms with Gasteiger partial charge in [0.1, 0.15) is 0 Å². The Labute approximate surface area is 96.3 Å². The summed E-state index contributed by atoms with van der Waals surface area (Å²) >= 11 is 0. The zero-order chi connectivity index (χ0) is 12.1. The number of nitrogens with zero attached hydrogens (tertiary/aromatic N) is 1. The van der Waals surface area contributed by atoms with E-state index in [-0.39, 0.29) is 23.1 Å². The maximum atomic E-state index is 11.4. The maximum Gasteiger partial charge on any atom is 0.408 e. The van der Waals surface area contributed by atoms with Crippen molar-refractivity contribution in [3.05, 3.63) is 0 Å². The summed E-state index contributed by atoms with van der Waals surface area (Å²) in [6.07, 6.45) is 1.78. The molecule has 0 aromatic carbocycles. The third kappa shape index (κ3) is 1.43. The molecule has 4 nitrogen and oxygen atoms in total. The van der Waals surface area contributed by atoms with Crippen LogP contribution in [-0.4, -0.2) is 38.9 Å². The second kappa shape index (κ2) is 3.36. The van der Waals surface area contributed by atoms with E-state index in [9.17, 15) is 15.0 Å². The monoisotopic (exact) mass is 227 g/mol. The molecule has 16 heavy (non-hydrogen) atoms. The van der Waals surface area contributed by atoms with Gasteiger partial charge in [-0.25, -0.2) is 4.79 Å². The first-order valence-corrected chi connectivity index (χ1v) is 5.98. The lowest BCUT2D eigenvalue weighted by Gasteiger charge is -2.52.